The second-order valence-corrected chi connectivity index (χ2v) is 7.40. The Kier molecular flexibility index (Phi) is 5.21. The van der Waals surface area contributed by atoms with Crippen LogP contribution >= 0.6 is 0 Å². The van der Waals surface area contributed by atoms with E-state index in [2.05, 4.69) is 10.3 Å². The lowest BCUT2D eigenvalue weighted by Crippen LogP contribution is -2.26. The number of aromatic hydroxyl groups is 3. The van der Waals surface area contributed by atoms with Crippen molar-refractivity contribution in [3.05, 3.63) is 65.0 Å². The lowest BCUT2D eigenvalue weighted by Gasteiger charge is -2.12. The predicted molar refractivity (Wildman–Crippen MR) is 115 cm³/mol. The van der Waals surface area contributed by atoms with Crippen molar-refractivity contribution in [2.45, 2.75) is 6.42 Å². The molecule has 0 spiro atoms. The van der Waals surface area contributed by atoms with Crippen LogP contribution < -0.4 is 15.2 Å². The summed E-state index contributed by atoms with van der Waals surface area (Å²) in [7, 11) is 3.78. The molecule has 8 heteroatoms. The van der Waals surface area contributed by atoms with Gasteiger partial charge in [-0.15, -0.1) is 0 Å². The molecule has 2 aliphatic rings. The lowest BCUT2D eigenvalue weighted by atomic mass is 10.1. The summed E-state index contributed by atoms with van der Waals surface area (Å²) in [5.74, 6) is -0.798. The quantitative estimate of drug-likeness (QED) is 0.228. The first-order valence-corrected chi connectivity index (χ1v) is 9.69. The van der Waals surface area contributed by atoms with E-state index in [1.54, 1.807) is 36.4 Å². The summed E-state index contributed by atoms with van der Waals surface area (Å²) in [4.78, 5) is 17.3. The zero-order valence-electron chi connectivity index (χ0n) is 17.1. The number of benzene rings is 3. The fraction of sp³-hybridized carbons (Fsp3) is 0.174. The van der Waals surface area contributed by atoms with E-state index in [4.69, 9.17) is 4.42 Å². The summed E-state index contributed by atoms with van der Waals surface area (Å²) in [5.41, 5.74) is 1.65. The number of carbonyl (C=O) groups is 1. The van der Waals surface area contributed by atoms with Gasteiger partial charge in [-0.25, -0.2) is 9.56 Å². The fourth-order valence-corrected chi connectivity index (χ4v) is 3.27. The van der Waals surface area contributed by atoms with Crippen LogP contribution in [0.1, 0.15) is 15.9 Å². The van der Waals surface area contributed by atoms with Crippen LogP contribution in [0.2, 0.25) is 0 Å². The van der Waals surface area contributed by atoms with Crippen LogP contribution in [-0.2, 0) is 6.42 Å². The summed E-state index contributed by atoms with van der Waals surface area (Å²) in [6.45, 7) is 0.337. The first kappa shape index (κ1) is 20.2. The van der Waals surface area contributed by atoms with Crippen LogP contribution in [0.4, 0.5) is 0 Å². The minimum Gasteiger partial charge on any atom is -0.508 e. The zero-order chi connectivity index (χ0) is 22.1. The summed E-state index contributed by atoms with van der Waals surface area (Å²) >= 11 is 0. The Morgan fingerprint density at radius 2 is 1.81 bits per heavy atom. The molecule has 0 bridgehead atoms. The van der Waals surface area contributed by atoms with Crippen LogP contribution in [0.5, 0.6) is 17.2 Å². The van der Waals surface area contributed by atoms with E-state index >= 15 is 0 Å². The van der Waals surface area contributed by atoms with Crippen LogP contribution in [-0.4, -0.2) is 46.9 Å². The molecule has 0 saturated heterocycles. The maximum absolute atomic E-state index is 12.8. The van der Waals surface area contributed by atoms with E-state index < -0.39 is 17.4 Å². The van der Waals surface area contributed by atoms with Gasteiger partial charge < -0.3 is 25.1 Å². The molecule has 1 aliphatic heterocycles. The number of nitrogens with one attached hydrogen (secondary N) is 1. The number of hydrogen-bond acceptors (Lipinski definition) is 6. The third-order valence-corrected chi connectivity index (χ3v) is 4.99. The number of nitrogens with zero attached hydrogens (tertiary/aromatic N) is 2. The summed E-state index contributed by atoms with van der Waals surface area (Å²) in [5, 5.41) is 33.5. The molecule has 4 N–H and O–H groups in total. The van der Waals surface area contributed by atoms with E-state index in [0.29, 0.717) is 24.4 Å². The molecule has 2 aromatic carbocycles. The largest absolute Gasteiger partial charge is 0.508 e. The average Bonchev–Trinajstić information content (AvgIpc) is 2.76. The molecule has 0 unspecified atom stereocenters. The van der Waals surface area contributed by atoms with Crippen molar-refractivity contribution in [1.29, 1.82) is 0 Å². The van der Waals surface area contributed by atoms with Gasteiger partial charge in [0.25, 0.3) is 5.91 Å². The average molecular weight is 420 g/mol. The Morgan fingerprint density at radius 3 is 2.52 bits per heavy atom. The highest BCUT2D eigenvalue weighted by Crippen LogP contribution is 2.38. The minimum absolute atomic E-state index is 0.0629. The van der Waals surface area contributed by atoms with Gasteiger partial charge in [-0.1, -0.05) is 12.1 Å². The SMILES string of the molecule is C[N+](C)=c1ccc2nc3c(C(=O)NCCc4ccc(O)cc4)cc(O)c(O)c3oc-2c1. The molecule has 4 rings (SSSR count). The van der Waals surface area contributed by atoms with Crippen molar-refractivity contribution in [2.24, 2.45) is 0 Å². The number of phenolic OH excluding ortho intramolecular Hbond substituents is 3. The molecular weight excluding hydrogens is 398 g/mol. The summed E-state index contributed by atoms with van der Waals surface area (Å²) in [6.07, 6.45) is 0.558. The Morgan fingerprint density at radius 1 is 1.06 bits per heavy atom. The highest BCUT2D eigenvalue weighted by molar-refractivity contribution is 6.07. The second kappa shape index (κ2) is 7.98. The van der Waals surface area contributed by atoms with Crippen molar-refractivity contribution < 1.29 is 24.5 Å². The third kappa shape index (κ3) is 4.00. The summed E-state index contributed by atoms with van der Waals surface area (Å²) < 4.78 is 7.72. The topological polar surface area (TPSA) is 119 Å². The standard InChI is InChI=1S/C23H21N3O5/c1-26(2)14-5-8-17-19(11-14)31-22-20(25-17)16(12-18(28)21(22)29)23(30)24-10-9-13-3-6-15(27)7-4-13/h3-8,11-12H,9-10H2,1-2H3,(H3,24,25,27,29,30)/p+1. The third-order valence-electron chi connectivity index (χ3n) is 4.99. The molecule has 158 valence electrons. The minimum atomic E-state index is -0.472. The van der Waals surface area contributed by atoms with Gasteiger partial charge in [0.1, 0.15) is 31.1 Å². The van der Waals surface area contributed by atoms with Crippen molar-refractivity contribution in [3.63, 3.8) is 0 Å². The molecule has 0 saturated carbocycles. The van der Waals surface area contributed by atoms with Crippen LogP contribution in [0, 0.1) is 0 Å². The molecule has 0 atom stereocenters. The Hall–Kier alpha value is -4.07. The number of aromatic nitrogens is 1. The molecule has 0 radical (unpaired) electrons. The van der Waals surface area contributed by atoms with Crippen molar-refractivity contribution in [2.75, 3.05) is 20.6 Å². The van der Waals surface area contributed by atoms with Crippen molar-refractivity contribution in [1.82, 2.24) is 14.9 Å². The maximum Gasteiger partial charge on any atom is 0.253 e. The smallest absolute Gasteiger partial charge is 0.253 e. The molecule has 1 heterocycles. The van der Waals surface area contributed by atoms with Gasteiger partial charge in [0, 0.05) is 12.6 Å². The highest BCUT2D eigenvalue weighted by Gasteiger charge is 2.22. The molecule has 0 fully saturated rings. The Balaban J connectivity index is 1.70. The van der Waals surface area contributed by atoms with Gasteiger partial charge >= 0.3 is 0 Å². The van der Waals surface area contributed by atoms with E-state index in [0.717, 1.165) is 10.9 Å². The van der Waals surface area contributed by atoms with Gasteiger partial charge in [-0.05, 0) is 36.2 Å². The second-order valence-electron chi connectivity index (χ2n) is 7.40. The van der Waals surface area contributed by atoms with Gasteiger partial charge in [-0.2, -0.15) is 0 Å². The van der Waals surface area contributed by atoms with Gasteiger partial charge in [-0.3, -0.25) is 4.79 Å². The molecule has 1 amide bonds. The van der Waals surface area contributed by atoms with E-state index in [1.165, 1.54) is 6.07 Å². The highest BCUT2D eigenvalue weighted by atomic mass is 16.4. The van der Waals surface area contributed by atoms with Crippen molar-refractivity contribution in [3.8, 4) is 28.7 Å². The number of amides is 1. The first-order valence-electron chi connectivity index (χ1n) is 9.69. The monoisotopic (exact) mass is 420 g/mol. The molecule has 1 aliphatic carbocycles. The van der Waals surface area contributed by atoms with Crippen LogP contribution in [0.3, 0.4) is 0 Å². The number of rotatable bonds is 4. The predicted octanol–water partition coefficient (Wildman–Crippen LogP) is 2.05. The molecular formula is C23H22N3O5+. The number of hydrogen-bond donors (Lipinski definition) is 4. The number of phenols is 3. The number of fused-ring (bicyclic) bond motifs is 2. The molecule has 8 nitrogen and oxygen atoms in total. The first-order chi connectivity index (χ1) is 14.8. The Bertz CT molecular complexity index is 1320. The zero-order valence-corrected chi connectivity index (χ0v) is 17.1. The van der Waals surface area contributed by atoms with Gasteiger partial charge in [0.05, 0.1) is 11.6 Å². The van der Waals surface area contributed by atoms with Crippen LogP contribution in [0.25, 0.3) is 22.6 Å². The van der Waals surface area contributed by atoms with Crippen molar-refractivity contribution >= 4 is 17.0 Å². The maximum atomic E-state index is 12.8. The van der Waals surface area contributed by atoms with Gasteiger partial charge in [0.2, 0.25) is 11.1 Å². The lowest BCUT2D eigenvalue weighted by molar-refractivity contribution is 0.0955. The molecule has 0 aromatic heterocycles. The normalized spacial score (nSPS) is 11.0. The van der Waals surface area contributed by atoms with Crippen LogP contribution in [0.15, 0.2) is 52.9 Å². The van der Waals surface area contributed by atoms with E-state index in [9.17, 15) is 20.1 Å². The molecule has 31 heavy (non-hydrogen) atoms. The molecule has 2 aromatic rings. The Labute approximate surface area is 177 Å². The fourth-order valence-electron chi connectivity index (χ4n) is 3.27. The van der Waals surface area contributed by atoms with E-state index in [-0.39, 0.29) is 22.4 Å². The summed E-state index contributed by atoms with van der Waals surface area (Å²) in [6, 6.07) is 13.3. The van der Waals surface area contributed by atoms with Gasteiger partial charge in [0.15, 0.2) is 17.1 Å². The van der Waals surface area contributed by atoms with E-state index in [1.807, 2.05) is 24.7 Å². The number of carbonyl (C=O) groups excluding carboxylic acids is 1.